The highest BCUT2D eigenvalue weighted by atomic mass is 35.5. The summed E-state index contributed by atoms with van der Waals surface area (Å²) in [7, 11) is 0. The molecule has 2 aromatic rings. The number of rotatable bonds is 5. The van der Waals surface area contributed by atoms with Crippen LogP contribution in [0.15, 0.2) is 42.5 Å². The van der Waals surface area contributed by atoms with Crippen LogP contribution >= 0.6 is 23.2 Å². The van der Waals surface area contributed by atoms with Gasteiger partial charge in [-0.15, -0.1) is 0 Å². The number of carbonyl (C=O) groups excluding carboxylic acids is 1. The molecule has 1 aliphatic heterocycles. The standard InChI is InChI=1S/C22H27Cl2N3O2/c1-14-11-27(12-15(2)29-14)13-17-6-4-5-7-21(17)26-22(28)25-16(3)19-9-8-18(23)10-20(19)24/h4-10,14-16H,11-13H2,1-3H3,(H2,25,26,28). The number of para-hydroxylation sites is 1. The van der Waals surface area contributed by atoms with Gasteiger partial charge in [0.05, 0.1) is 18.2 Å². The number of halogens is 2. The van der Waals surface area contributed by atoms with Gasteiger partial charge in [-0.2, -0.15) is 0 Å². The maximum Gasteiger partial charge on any atom is 0.319 e. The molecule has 0 saturated carbocycles. The number of hydrogen-bond donors (Lipinski definition) is 2. The fourth-order valence-electron chi connectivity index (χ4n) is 3.72. The van der Waals surface area contributed by atoms with Crippen molar-refractivity contribution in [1.29, 1.82) is 0 Å². The summed E-state index contributed by atoms with van der Waals surface area (Å²) in [6.45, 7) is 8.56. The lowest BCUT2D eigenvalue weighted by Gasteiger charge is -2.35. The minimum absolute atomic E-state index is 0.201. The van der Waals surface area contributed by atoms with Crippen molar-refractivity contribution in [2.75, 3.05) is 18.4 Å². The molecule has 3 rings (SSSR count). The van der Waals surface area contributed by atoms with Gasteiger partial charge >= 0.3 is 6.03 Å². The van der Waals surface area contributed by atoms with E-state index < -0.39 is 0 Å². The van der Waals surface area contributed by atoms with Crippen molar-refractivity contribution < 1.29 is 9.53 Å². The van der Waals surface area contributed by atoms with E-state index in [1.54, 1.807) is 12.1 Å². The Balaban J connectivity index is 1.64. The van der Waals surface area contributed by atoms with E-state index in [9.17, 15) is 4.79 Å². The Hall–Kier alpha value is -1.79. The highest BCUT2D eigenvalue weighted by Crippen LogP contribution is 2.26. The summed E-state index contributed by atoms with van der Waals surface area (Å²) in [4.78, 5) is 15.0. The van der Waals surface area contributed by atoms with Crippen molar-refractivity contribution >= 4 is 34.9 Å². The van der Waals surface area contributed by atoms with Gasteiger partial charge in [-0.1, -0.05) is 47.5 Å². The van der Waals surface area contributed by atoms with Crippen LogP contribution in [-0.4, -0.2) is 36.2 Å². The van der Waals surface area contributed by atoms with Gasteiger partial charge in [0.15, 0.2) is 0 Å². The molecule has 3 atom stereocenters. The Morgan fingerprint density at radius 1 is 1.17 bits per heavy atom. The molecule has 2 aromatic carbocycles. The second-order valence-electron chi connectivity index (χ2n) is 7.59. The first-order chi connectivity index (χ1) is 13.8. The fourth-order valence-corrected chi connectivity index (χ4v) is 4.29. The van der Waals surface area contributed by atoms with Gasteiger partial charge < -0.3 is 15.4 Å². The van der Waals surface area contributed by atoms with E-state index in [1.807, 2.05) is 37.3 Å². The molecule has 1 aliphatic rings. The number of morpholine rings is 1. The molecule has 0 aliphatic carbocycles. The highest BCUT2D eigenvalue weighted by molar-refractivity contribution is 6.35. The number of carbonyl (C=O) groups is 1. The number of urea groups is 1. The largest absolute Gasteiger partial charge is 0.373 e. The number of anilines is 1. The summed E-state index contributed by atoms with van der Waals surface area (Å²) >= 11 is 12.2. The zero-order valence-electron chi connectivity index (χ0n) is 16.9. The molecule has 2 N–H and O–H groups in total. The van der Waals surface area contributed by atoms with Gasteiger partial charge in [0.25, 0.3) is 0 Å². The van der Waals surface area contributed by atoms with Crippen LogP contribution in [0.3, 0.4) is 0 Å². The van der Waals surface area contributed by atoms with E-state index in [4.69, 9.17) is 27.9 Å². The first kappa shape index (κ1) is 21.9. The Kier molecular flexibility index (Phi) is 7.41. The quantitative estimate of drug-likeness (QED) is 0.652. The van der Waals surface area contributed by atoms with Crippen molar-refractivity contribution in [1.82, 2.24) is 10.2 Å². The molecule has 5 nitrogen and oxygen atoms in total. The van der Waals surface area contributed by atoms with Crippen LogP contribution in [0.2, 0.25) is 10.0 Å². The predicted octanol–water partition coefficient (Wildman–Crippen LogP) is 5.49. The maximum absolute atomic E-state index is 12.6. The van der Waals surface area contributed by atoms with Crippen LogP contribution in [0.5, 0.6) is 0 Å². The SMILES string of the molecule is CC1CN(Cc2ccccc2NC(=O)NC(C)c2ccc(Cl)cc2Cl)CC(C)O1. The second kappa shape index (κ2) is 9.81. The normalized spacial score (nSPS) is 20.9. The molecule has 0 bridgehead atoms. The van der Waals surface area contributed by atoms with Crippen LogP contribution in [-0.2, 0) is 11.3 Å². The third-order valence-electron chi connectivity index (χ3n) is 4.93. The monoisotopic (exact) mass is 435 g/mol. The van der Waals surface area contributed by atoms with E-state index in [2.05, 4.69) is 29.4 Å². The summed E-state index contributed by atoms with van der Waals surface area (Å²) in [5.74, 6) is 0. The Morgan fingerprint density at radius 3 is 2.55 bits per heavy atom. The molecule has 7 heteroatoms. The fraction of sp³-hybridized carbons (Fsp3) is 0.409. The minimum atomic E-state index is -0.278. The molecular weight excluding hydrogens is 409 g/mol. The van der Waals surface area contributed by atoms with Gasteiger partial charge in [-0.25, -0.2) is 4.79 Å². The van der Waals surface area contributed by atoms with Crippen LogP contribution in [0.4, 0.5) is 10.5 Å². The third kappa shape index (κ3) is 6.09. The number of benzene rings is 2. The first-order valence-electron chi connectivity index (χ1n) is 9.80. The zero-order valence-corrected chi connectivity index (χ0v) is 18.4. The number of ether oxygens (including phenoxy) is 1. The molecule has 0 spiro atoms. The molecule has 0 aromatic heterocycles. The van der Waals surface area contributed by atoms with Crippen molar-refractivity contribution in [3.8, 4) is 0 Å². The average Bonchev–Trinajstić information content (AvgIpc) is 2.62. The molecule has 3 unspecified atom stereocenters. The lowest BCUT2D eigenvalue weighted by molar-refractivity contribution is -0.0704. The molecule has 1 heterocycles. The van der Waals surface area contributed by atoms with Crippen molar-refractivity contribution in [2.45, 2.75) is 45.6 Å². The Morgan fingerprint density at radius 2 is 1.86 bits per heavy atom. The number of nitrogens with zero attached hydrogens (tertiary/aromatic N) is 1. The topological polar surface area (TPSA) is 53.6 Å². The van der Waals surface area contributed by atoms with Crippen LogP contribution in [0, 0.1) is 0 Å². The summed E-state index contributed by atoms with van der Waals surface area (Å²) in [6.07, 6.45) is 0.402. The highest BCUT2D eigenvalue weighted by Gasteiger charge is 2.23. The molecule has 1 saturated heterocycles. The average molecular weight is 436 g/mol. The Labute approximate surface area is 182 Å². The lowest BCUT2D eigenvalue weighted by Crippen LogP contribution is -2.45. The molecule has 0 radical (unpaired) electrons. The van der Waals surface area contributed by atoms with Gasteiger partial charge in [0.2, 0.25) is 0 Å². The van der Waals surface area contributed by atoms with E-state index >= 15 is 0 Å². The lowest BCUT2D eigenvalue weighted by atomic mass is 10.1. The Bertz CT molecular complexity index is 852. The van der Waals surface area contributed by atoms with Crippen LogP contribution < -0.4 is 10.6 Å². The van der Waals surface area contributed by atoms with Gasteiger partial charge in [0.1, 0.15) is 0 Å². The number of hydrogen-bond acceptors (Lipinski definition) is 3. The smallest absolute Gasteiger partial charge is 0.319 e. The number of amides is 2. The predicted molar refractivity (Wildman–Crippen MR) is 119 cm³/mol. The molecule has 1 fully saturated rings. The van der Waals surface area contributed by atoms with Crippen LogP contribution in [0.25, 0.3) is 0 Å². The van der Waals surface area contributed by atoms with Gasteiger partial charge in [-0.05, 0) is 50.1 Å². The molecular formula is C22H27Cl2N3O2. The van der Waals surface area contributed by atoms with Crippen molar-refractivity contribution in [2.24, 2.45) is 0 Å². The minimum Gasteiger partial charge on any atom is -0.373 e. The summed E-state index contributed by atoms with van der Waals surface area (Å²) in [5, 5.41) is 7.01. The summed E-state index contributed by atoms with van der Waals surface area (Å²) < 4.78 is 5.81. The van der Waals surface area contributed by atoms with Crippen LogP contribution in [0.1, 0.15) is 37.9 Å². The van der Waals surface area contributed by atoms with Crippen molar-refractivity contribution in [3.05, 3.63) is 63.6 Å². The summed E-state index contributed by atoms with van der Waals surface area (Å²) in [6, 6.07) is 12.6. The number of nitrogens with one attached hydrogen (secondary N) is 2. The zero-order chi connectivity index (χ0) is 21.0. The van der Waals surface area contributed by atoms with Gasteiger partial charge in [0, 0.05) is 35.4 Å². The van der Waals surface area contributed by atoms with Crippen molar-refractivity contribution in [3.63, 3.8) is 0 Å². The molecule has 156 valence electrons. The molecule has 29 heavy (non-hydrogen) atoms. The maximum atomic E-state index is 12.6. The van der Waals surface area contributed by atoms with Gasteiger partial charge in [-0.3, -0.25) is 4.90 Å². The summed E-state index contributed by atoms with van der Waals surface area (Å²) in [5.41, 5.74) is 2.68. The third-order valence-corrected chi connectivity index (χ3v) is 5.49. The van der Waals surface area contributed by atoms with E-state index in [0.717, 1.165) is 36.4 Å². The molecule has 2 amide bonds. The van der Waals surface area contributed by atoms with E-state index in [-0.39, 0.29) is 24.3 Å². The second-order valence-corrected chi connectivity index (χ2v) is 8.44. The van der Waals surface area contributed by atoms with E-state index in [0.29, 0.717) is 10.0 Å². The first-order valence-corrected chi connectivity index (χ1v) is 10.6. The van der Waals surface area contributed by atoms with E-state index in [1.165, 1.54) is 0 Å².